The Bertz CT molecular complexity index is 707. The Hall–Kier alpha value is -2.33. The zero-order valence-corrected chi connectivity index (χ0v) is 18.5. The van der Waals surface area contributed by atoms with Crippen molar-refractivity contribution in [3.63, 3.8) is 0 Å². The third-order valence-electron chi connectivity index (χ3n) is 5.07. The van der Waals surface area contributed by atoms with E-state index in [9.17, 15) is 4.79 Å². The molecule has 4 nitrogen and oxygen atoms in total. The predicted molar refractivity (Wildman–Crippen MR) is 122 cm³/mol. The SMILES string of the molecule is COCc1ccc(OCCCCCCCCCCOc2ccc(C(C)=O)cc2)cc1. The van der Waals surface area contributed by atoms with Gasteiger partial charge in [-0.15, -0.1) is 0 Å². The zero-order valence-electron chi connectivity index (χ0n) is 18.5. The van der Waals surface area contributed by atoms with E-state index in [4.69, 9.17) is 14.2 Å². The minimum Gasteiger partial charge on any atom is -0.494 e. The lowest BCUT2D eigenvalue weighted by Crippen LogP contribution is -1.98. The van der Waals surface area contributed by atoms with Gasteiger partial charge < -0.3 is 14.2 Å². The molecule has 0 N–H and O–H groups in total. The first-order valence-electron chi connectivity index (χ1n) is 11.1. The molecule has 0 aliphatic heterocycles. The predicted octanol–water partition coefficient (Wildman–Crippen LogP) is 6.61. The second-order valence-electron chi connectivity index (χ2n) is 7.68. The van der Waals surface area contributed by atoms with Gasteiger partial charge in [0.2, 0.25) is 0 Å². The van der Waals surface area contributed by atoms with Gasteiger partial charge in [-0.1, -0.05) is 50.7 Å². The summed E-state index contributed by atoms with van der Waals surface area (Å²) in [6, 6.07) is 15.5. The monoisotopic (exact) mass is 412 g/mol. The molecule has 0 aliphatic rings. The fourth-order valence-corrected chi connectivity index (χ4v) is 3.28. The number of methoxy groups -OCH3 is 1. The maximum absolute atomic E-state index is 11.3. The summed E-state index contributed by atoms with van der Waals surface area (Å²) in [4.78, 5) is 11.3. The van der Waals surface area contributed by atoms with Crippen LogP contribution in [0, 0.1) is 0 Å². The molecular weight excluding hydrogens is 376 g/mol. The van der Waals surface area contributed by atoms with E-state index >= 15 is 0 Å². The van der Waals surface area contributed by atoms with Crippen molar-refractivity contribution in [2.45, 2.75) is 64.9 Å². The van der Waals surface area contributed by atoms with Crippen molar-refractivity contribution in [2.24, 2.45) is 0 Å². The fraction of sp³-hybridized carbons (Fsp3) is 0.500. The zero-order chi connectivity index (χ0) is 21.4. The van der Waals surface area contributed by atoms with E-state index in [0.29, 0.717) is 6.61 Å². The lowest BCUT2D eigenvalue weighted by molar-refractivity contribution is 0.101. The molecule has 0 saturated carbocycles. The fourth-order valence-electron chi connectivity index (χ4n) is 3.28. The van der Waals surface area contributed by atoms with Gasteiger partial charge in [-0.25, -0.2) is 0 Å². The van der Waals surface area contributed by atoms with Gasteiger partial charge in [0.05, 0.1) is 19.8 Å². The highest BCUT2D eigenvalue weighted by atomic mass is 16.5. The summed E-state index contributed by atoms with van der Waals surface area (Å²) < 4.78 is 16.6. The molecular formula is C26H36O4. The van der Waals surface area contributed by atoms with Crippen LogP contribution >= 0.6 is 0 Å². The third kappa shape index (κ3) is 9.93. The standard InChI is InChI=1S/C26H36O4/c1-22(27)24-13-17-26(18-14-24)30-20-10-8-6-4-3-5-7-9-19-29-25-15-11-23(12-16-25)21-28-2/h11-18H,3-10,19-21H2,1-2H3. The highest BCUT2D eigenvalue weighted by Gasteiger charge is 2.00. The molecule has 0 bridgehead atoms. The van der Waals surface area contributed by atoms with E-state index < -0.39 is 0 Å². The van der Waals surface area contributed by atoms with Crippen LogP contribution in [-0.4, -0.2) is 26.1 Å². The lowest BCUT2D eigenvalue weighted by atomic mass is 10.1. The number of hydrogen-bond donors (Lipinski definition) is 0. The van der Waals surface area contributed by atoms with Crippen LogP contribution in [0.3, 0.4) is 0 Å². The first kappa shape index (κ1) is 23.9. The summed E-state index contributed by atoms with van der Waals surface area (Å²) >= 11 is 0. The smallest absolute Gasteiger partial charge is 0.159 e. The van der Waals surface area contributed by atoms with Crippen molar-refractivity contribution >= 4 is 5.78 Å². The van der Waals surface area contributed by atoms with Crippen LogP contribution in [0.2, 0.25) is 0 Å². The highest BCUT2D eigenvalue weighted by Crippen LogP contribution is 2.15. The van der Waals surface area contributed by atoms with Gasteiger partial charge >= 0.3 is 0 Å². The molecule has 2 aromatic carbocycles. The number of benzene rings is 2. The van der Waals surface area contributed by atoms with Crippen LogP contribution in [0.1, 0.15) is 74.2 Å². The summed E-state index contributed by atoms with van der Waals surface area (Å²) in [6.07, 6.45) is 9.72. The number of Topliss-reactive ketones (excluding diaryl/α,β-unsaturated/α-hetero) is 1. The van der Waals surface area contributed by atoms with Crippen LogP contribution < -0.4 is 9.47 Å². The third-order valence-corrected chi connectivity index (χ3v) is 5.07. The molecule has 164 valence electrons. The van der Waals surface area contributed by atoms with Gasteiger partial charge in [0.25, 0.3) is 0 Å². The van der Waals surface area contributed by atoms with Gasteiger partial charge in [0, 0.05) is 12.7 Å². The van der Waals surface area contributed by atoms with E-state index in [1.807, 2.05) is 48.5 Å². The van der Waals surface area contributed by atoms with Gasteiger partial charge in [-0.2, -0.15) is 0 Å². The lowest BCUT2D eigenvalue weighted by Gasteiger charge is -2.08. The Balaban J connectivity index is 1.38. The topological polar surface area (TPSA) is 44.8 Å². The molecule has 2 aromatic rings. The van der Waals surface area contributed by atoms with Gasteiger partial charge in [-0.3, -0.25) is 4.79 Å². The molecule has 0 aromatic heterocycles. The van der Waals surface area contributed by atoms with E-state index in [-0.39, 0.29) is 5.78 Å². The van der Waals surface area contributed by atoms with Crippen LogP contribution in [-0.2, 0) is 11.3 Å². The summed E-state index contributed by atoms with van der Waals surface area (Å²) in [5.41, 5.74) is 1.89. The van der Waals surface area contributed by atoms with Gasteiger partial charge in [0.1, 0.15) is 11.5 Å². The number of unbranched alkanes of at least 4 members (excludes halogenated alkanes) is 7. The maximum atomic E-state index is 11.3. The van der Waals surface area contributed by atoms with Crippen LogP contribution in [0.4, 0.5) is 0 Å². The van der Waals surface area contributed by atoms with Crippen molar-refractivity contribution in [1.82, 2.24) is 0 Å². The maximum Gasteiger partial charge on any atom is 0.159 e. The minimum absolute atomic E-state index is 0.0853. The Morgan fingerprint density at radius 3 is 1.53 bits per heavy atom. The normalized spacial score (nSPS) is 10.7. The minimum atomic E-state index is 0.0853. The Kier molecular flexibility index (Phi) is 11.7. The summed E-state index contributed by atoms with van der Waals surface area (Å²) in [5, 5.41) is 0. The van der Waals surface area contributed by atoms with Gasteiger partial charge in [0.15, 0.2) is 5.78 Å². The second kappa shape index (κ2) is 14.6. The first-order valence-corrected chi connectivity index (χ1v) is 11.1. The second-order valence-corrected chi connectivity index (χ2v) is 7.68. The number of carbonyl (C=O) groups is 1. The van der Waals surface area contributed by atoms with Crippen molar-refractivity contribution < 1.29 is 19.0 Å². The van der Waals surface area contributed by atoms with E-state index in [1.54, 1.807) is 14.0 Å². The Labute approximate surface area is 181 Å². The highest BCUT2D eigenvalue weighted by molar-refractivity contribution is 5.94. The molecule has 2 rings (SSSR count). The molecule has 0 saturated heterocycles. The molecule has 30 heavy (non-hydrogen) atoms. The van der Waals surface area contributed by atoms with Crippen LogP contribution in [0.5, 0.6) is 11.5 Å². The van der Waals surface area contributed by atoms with Crippen molar-refractivity contribution in [3.8, 4) is 11.5 Å². The number of hydrogen-bond acceptors (Lipinski definition) is 4. The molecule has 0 atom stereocenters. The molecule has 0 radical (unpaired) electrons. The molecule has 0 fully saturated rings. The van der Waals surface area contributed by atoms with Crippen molar-refractivity contribution in [2.75, 3.05) is 20.3 Å². The van der Waals surface area contributed by atoms with E-state index in [2.05, 4.69) is 0 Å². The summed E-state index contributed by atoms with van der Waals surface area (Å²) in [7, 11) is 1.71. The quantitative estimate of drug-likeness (QED) is 0.230. The molecule has 0 spiro atoms. The number of ketones is 1. The average Bonchev–Trinajstić information content (AvgIpc) is 2.76. The van der Waals surface area contributed by atoms with E-state index in [1.165, 1.54) is 44.1 Å². The van der Waals surface area contributed by atoms with Crippen LogP contribution in [0.25, 0.3) is 0 Å². The molecule has 0 heterocycles. The van der Waals surface area contributed by atoms with Crippen molar-refractivity contribution in [3.05, 3.63) is 59.7 Å². The largest absolute Gasteiger partial charge is 0.494 e. The summed E-state index contributed by atoms with van der Waals surface area (Å²) in [6.45, 7) is 3.74. The summed E-state index contributed by atoms with van der Waals surface area (Å²) in [5.74, 6) is 1.86. The molecule has 0 aliphatic carbocycles. The van der Waals surface area contributed by atoms with E-state index in [0.717, 1.165) is 43.1 Å². The Morgan fingerprint density at radius 1 is 0.667 bits per heavy atom. The molecule has 0 unspecified atom stereocenters. The average molecular weight is 413 g/mol. The molecule has 0 amide bonds. The Morgan fingerprint density at radius 2 is 1.10 bits per heavy atom. The number of carbonyl (C=O) groups excluding carboxylic acids is 1. The number of ether oxygens (including phenoxy) is 3. The van der Waals surface area contributed by atoms with Crippen molar-refractivity contribution in [1.29, 1.82) is 0 Å². The molecule has 4 heteroatoms. The first-order chi connectivity index (χ1) is 14.7. The number of rotatable bonds is 16. The van der Waals surface area contributed by atoms with Gasteiger partial charge in [-0.05, 0) is 61.7 Å². The van der Waals surface area contributed by atoms with Crippen LogP contribution in [0.15, 0.2) is 48.5 Å².